The molecule has 0 unspecified atom stereocenters. The third kappa shape index (κ3) is 3.79. The third-order valence-electron chi connectivity index (χ3n) is 3.87. The van der Waals surface area contributed by atoms with E-state index in [1.807, 2.05) is 66.7 Å². The molecule has 1 saturated heterocycles. The molecule has 3 aromatic rings. The average molecular weight is 392 g/mol. The molecule has 1 amide bonds. The molecule has 0 N–H and O–H groups in total. The zero-order valence-corrected chi connectivity index (χ0v) is 15.7. The zero-order valence-electron chi connectivity index (χ0n) is 14.1. The van der Waals surface area contributed by atoms with Crippen molar-refractivity contribution in [1.29, 1.82) is 0 Å². The van der Waals surface area contributed by atoms with Crippen LogP contribution in [0.1, 0.15) is 5.56 Å². The van der Waals surface area contributed by atoms with E-state index >= 15 is 0 Å². The molecule has 4 nitrogen and oxygen atoms in total. The van der Waals surface area contributed by atoms with Gasteiger partial charge in [-0.05, 0) is 47.7 Å². The van der Waals surface area contributed by atoms with E-state index in [4.69, 9.17) is 11.6 Å². The van der Waals surface area contributed by atoms with E-state index in [0.29, 0.717) is 20.9 Å². The Kier molecular flexibility index (Phi) is 5.05. The second kappa shape index (κ2) is 7.78. The highest BCUT2D eigenvalue weighted by Gasteiger charge is 2.34. The van der Waals surface area contributed by atoms with Crippen molar-refractivity contribution >= 4 is 51.9 Å². The number of aliphatic imine (C=N–C) groups is 1. The summed E-state index contributed by atoms with van der Waals surface area (Å²) in [6, 6.07) is 22.7. The van der Waals surface area contributed by atoms with Crippen molar-refractivity contribution in [2.24, 2.45) is 4.99 Å². The molecule has 27 heavy (non-hydrogen) atoms. The predicted molar refractivity (Wildman–Crippen MR) is 112 cm³/mol. The first-order valence-electron chi connectivity index (χ1n) is 8.26. The van der Waals surface area contributed by atoms with E-state index < -0.39 is 0 Å². The minimum atomic E-state index is -0.117. The van der Waals surface area contributed by atoms with Crippen LogP contribution < -0.4 is 4.90 Å². The standard InChI is InChI=1S/C21H14ClN3OS/c22-19-17(12-7-13-23-19)24-21-25(16-10-5-2-6-11-16)20(26)18(27-21)14-15-8-3-1-4-9-15/h1-14H/b18-14-,24-21?. The molecule has 0 saturated carbocycles. The van der Waals surface area contributed by atoms with Gasteiger partial charge in [0.15, 0.2) is 10.3 Å². The number of halogens is 1. The molecule has 2 aromatic carbocycles. The molecular formula is C21H14ClN3OS. The number of benzene rings is 2. The van der Waals surface area contributed by atoms with Gasteiger partial charge in [0, 0.05) is 6.20 Å². The minimum Gasteiger partial charge on any atom is -0.268 e. The Morgan fingerprint density at radius 2 is 1.67 bits per heavy atom. The number of amides is 1. The first kappa shape index (κ1) is 17.5. The number of pyridine rings is 1. The fourth-order valence-corrected chi connectivity index (χ4v) is 3.77. The van der Waals surface area contributed by atoms with E-state index in [9.17, 15) is 4.79 Å². The smallest absolute Gasteiger partial charge is 0.268 e. The molecule has 0 radical (unpaired) electrons. The van der Waals surface area contributed by atoms with Crippen LogP contribution in [0, 0.1) is 0 Å². The van der Waals surface area contributed by atoms with Crippen molar-refractivity contribution in [3.8, 4) is 0 Å². The maximum Gasteiger partial charge on any atom is 0.271 e. The summed E-state index contributed by atoms with van der Waals surface area (Å²) in [6.07, 6.45) is 3.48. The molecule has 4 rings (SSSR count). The molecule has 1 aromatic heterocycles. The summed E-state index contributed by atoms with van der Waals surface area (Å²) in [5.74, 6) is -0.117. The fourth-order valence-electron chi connectivity index (χ4n) is 2.62. The highest BCUT2D eigenvalue weighted by molar-refractivity contribution is 8.19. The van der Waals surface area contributed by atoms with Gasteiger partial charge < -0.3 is 0 Å². The number of amidine groups is 1. The normalized spacial score (nSPS) is 17.1. The average Bonchev–Trinajstić information content (AvgIpc) is 3.00. The Balaban J connectivity index is 1.79. The van der Waals surface area contributed by atoms with Gasteiger partial charge >= 0.3 is 0 Å². The summed E-state index contributed by atoms with van der Waals surface area (Å²) >= 11 is 7.47. The molecule has 0 bridgehead atoms. The second-order valence-electron chi connectivity index (χ2n) is 5.71. The van der Waals surface area contributed by atoms with Crippen molar-refractivity contribution < 1.29 is 4.79 Å². The number of hydrogen-bond donors (Lipinski definition) is 0. The Morgan fingerprint density at radius 3 is 2.37 bits per heavy atom. The zero-order chi connectivity index (χ0) is 18.6. The molecule has 0 aliphatic carbocycles. The topological polar surface area (TPSA) is 45.6 Å². The highest BCUT2D eigenvalue weighted by Crippen LogP contribution is 2.37. The molecular weight excluding hydrogens is 378 g/mol. The van der Waals surface area contributed by atoms with Gasteiger partial charge in [-0.25, -0.2) is 9.98 Å². The monoisotopic (exact) mass is 391 g/mol. The molecule has 1 aliphatic heterocycles. The van der Waals surface area contributed by atoms with Crippen LogP contribution >= 0.6 is 23.4 Å². The minimum absolute atomic E-state index is 0.117. The van der Waals surface area contributed by atoms with Gasteiger partial charge in [0.25, 0.3) is 5.91 Å². The van der Waals surface area contributed by atoms with Crippen molar-refractivity contribution in [2.75, 3.05) is 4.90 Å². The number of rotatable bonds is 3. The number of para-hydroxylation sites is 1. The van der Waals surface area contributed by atoms with Crippen LogP contribution in [0.2, 0.25) is 5.15 Å². The maximum absolute atomic E-state index is 13.1. The Labute approximate surface area is 166 Å². The first-order valence-corrected chi connectivity index (χ1v) is 9.45. The van der Waals surface area contributed by atoms with Crippen molar-refractivity contribution in [3.63, 3.8) is 0 Å². The maximum atomic E-state index is 13.1. The van der Waals surface area contributed by atoms with Gasteiger partial charge in [-0.3, -0.25) is 9.69 Å². The van der Waals surface area contributed by atoms with Crippen LogP contribution in [0.3, 0.4) is 0 Å². The highest BCUT2D eigenvalue weighted by atomic mass is 35.5. The van der Waals surface area contributed by atoms with E-state index in [1.54, 1.807) is 23.2 Å². The van der Waals surface area contributed by atoms with Crippen molar-refractivity contribution in [1.82, 2.24) is 4.98 Å². The van der Waals surface area contributed by atoms with Crippen molar-refractivity contribution in [3.05, 3.63) is 94.6 Å². The molecule has 1 fully saturated rings. The predicted octanol–water partition coefficient (Wildman–Crippen LogP) is 5.54. The van der Waals surface area contributed by atoms with E-state index in [0.717, 1.165) is 11.3 Å². The second-order valence-corrected chi connectivity index (χ2v) is 7.07. The summed E-state index contributed by atoms with van der Waals surface area (Å²) < 4.78 is 0. The van der Waals surface area contributed by atoms with Crippen LogP contribution in [0.25, 0.3) is 6.08 Å². The number of nitrogens with zero attached hydrogens (tertiary/aromatic N) is 3. The van der Waals surface area contributed by atoms with Gasteiger partial charge in [0.2, 0.25) is 0 Å². The number of carbonyl (C=O) groups excluding carboxylic acids is 1. The lowest BCUT2D eigenvalue weighted by Gasteiger charge is -2.15. The molecule has 0 atom stereocenters. The van der Waals surface area contributed by atoms with Gasteiger partial charge in [0.05, 0.1) is 10.6 Å². The quantitative estimate of drug-likeness (QED) is 0.434. The van der Waals surface area contributed by atoms with Gasteiger partial charge in [-0.15, -0.1) is 0 Å². The van der Waals surface area contributed by atoms with Crippen LogP contribution in [0.4, 0.5) is 11.4 Å². The van der Waals surface area contributed by atoms with E-state index in [1.165, 1.54) is 11.8 Å². The fraction of sp³-hybridized carbons (Fsp3) is 0. The molecule has 1 aliphatic rings. The van der Waals surface area contributed by atoms with E-state index in [-0.39, 0.29) is 5.91 Å². The SMILES string of the molecule is O=C1/C(=C/c2ccccc2)SC(=Nc2cccnc2Cl)N1c1ccccc1. The number of carbonyl (C=O) groups is 1. The first-order chi connectivity index (χ1) is 13.2. The van der Waals surface area contributed by atoms with Crippen LogP contribution in [-0.2, 0) is 4.79 Å². The summed E-state index contributed by atoms with van der Waals surface area (Å²) in [5.41, 5.74) is 2.24. The van der Waals surface area contributed by atoms with Gasteiger partial charge in [-0.1, -0.05) is 60.1 Å². The van der Waals surface area contributed by atoms with Crippen LogP contribution in [-0.4, -0.2) is 16.1 Å². The number of thioether (sulfide) groups is 1. The Bertz CT molecular complexity index is 1040. The van der Waals surface area contributed by atoms with Crippen LogP contribution in [0.5, 0.6) is 0 Å². The number of anilines is 1. The van der Waals surface area contributed by atoms with Crippen molar-refractivity contribution in [2.45, 2.75) is 0 Å². The number of hydrogen-bond acceptors (Lipinski definition) is 4. The Hall–Kier alpha value is -2.89. The Morgan fingerprint density at radius 1 is 0.963 bits per heavy atom. The van der Waals surface area contributed by atoms with Crippen LogP contribution in [0.15, 0.2) is 88.9 Å². The third-order valence-corrected chi connectivity index (χ3v) is 5.13. The lowest BCUT2D eigenvalue weighted by molar-refractivity contribution is -0.113. The van der Waals surface area contributed by atoms with Gasteiger partial charge in [-0.2, -0.15) is 0 Å². The van der Waals surface area contributed by atoms with E-state index in [2.05, 4.69) is 9.98 Å². The number of aromatic nitrogens is 1. The summed E-state index contributed by atoms with van der Waals surface area (Å²) in [4.78, 5) is 24.0. The van der Waals surface area contributed by atoms with Gasteiger partial charge in [0.1, 0.15) is 5.69 Å². The molecule has 132 valence electrons. The molecule has 2 heterocycles. The summed E-state index contributed by atoms with van der Waals surface area (Å²) in [5, 5.41) is 0.842. The lowest BCUT2D eigenvalue weighted by atomic mass is 10.2. The molecule has 0 spiro atoms. The summed E-state index contributed by atoms with van der Waals surface area (Å²) in [6.45, 7) is 0. The molecule has 6 heteroatoms. The largest absolute Gasteiger partial charge is 0.271 e. The lowest BCUT2D eigenvalue weighted by Crippen LogP contribution is -2.28. The summed E-state index contributed by atoms with van der Waals surface area (Å²) in [7, 11) is 0.